The molecule has 0 fully saturated rings. The number of halogens is 1. The summed E-state index contributed by atoms with van der Waals surface area (Å²) in [6.45, 7) is 0.200. The number of aliphatic hydroxyl groups excluding tert-OH is 1. The fourth-order valence-electron chi connectivity index (χ4n) is 1.07. The first-order valence-corrected chi connectivity index (χ1v) is 4.82. The summed E-state index contributed by atoms with van der Waals surface area (Å²) in [7, 11) is 0. The van der Waals surface area contributed by atoms with Crippen LogP contribution in [0.4, 0.5) is 0 Å². The molecule has 0 radical (unpaired) electrons. The van der Waals surface area contributed by atoms with E-state index in [2.05, 4.69) is 0 Å². The van der Waals surface area contributed by atoms with Crippen molar-refractivity contribution in [1.29, 1.82) is 0 Å². The summed E-state index contributed by atoms with van der Waals surface area (Å²) in [5.41, 5.74) is 2.25. The largest absolute Gasteiger partial charge is 0.396 e. The van der Waals surface area contributed by atoms with Crippen molar-refractivity contribution in [3.63, 3.8) is 0 Å². The lowest BCUT2D eigenvalue weighted by Crippen LogP contribution is -1.79. The molecule has 1 aromatic rings. The lowest BCUT2D eigenvalue weighted by Gasteiger charge is -1.96. The zero-order chi connectivity index (χ0) is 9.52. The molecule has 0 saturated carbocycles. The molecular weight excluding hydrogens is 184 g/mol. The summed E-state index contributed by atoms with van der Waals surface area (Å²) < 4.78 is 0. The van der Waals surface area contributed by atoms with Crippen molar-refractivity contribution >= 4 is 17.7 Å². The van der Waals surface area contributed by atoms with Crippen molar-refractivity contribution in [2.75, 3.05) is 6.61 Å². The van der Waals surface area contributed by atoms with E-state index < -0.39 is 0 Å². The number of hydrogen-bond acceptors (Lipinski definition) is 1. The van der Waals surface area contributed by atoms with Gasteiger partial charge in [-0.2, -0.15) is 0 Å². The lowest BCUT2D eigenvalue weighted by molar-refractivity contribution is 0.303. The average Bonchev–Trinajstić information content (AvgIpc) is 2.19. The molecule has 1 N–H and O–H groups in total. The van der Waals surface area contributed by atoms with E-state index in [0.29, 0.717) is 12.3 Å². The van der Waals surface area contributed by atoms with E-state index in [4.69, 9.17) is 16.7 Å². The van der Waals surface area contributed by atoms with Gasteiger partial charge in [0.1, 0.15) is 0 Å². The molecule has 13 heavy (non-hydrogen) atoms. The van der Waals surface area contributed by atoms with Crippen LogP contribution >= 0.6 is 11.6 Å². The zero-order valence-electron chi connectivity index (χ0n) is 7.41. The molecule has 1 nitrogen and oxygen atoms in total. The molecule has 1 aromatic carbocycles. The summed E-state index contributed by atoms with van der Waals surface area (Å²) >= 11 is 5.70. The third kappa shape index (κ3) is 3.62. The van der Waals surface area contributed by atoms with Crippen molar-refractivity contribution in [3.05, 3.63) is 41.5 Å². The number of rotatable bonds is 4. The molecule has 0 saturated heterocycles. The molecule has 0 unspecified atom stereocenters. The smallest absolute Gasteiger partial charge is 0.0474 e. The molecule has 0 bridgehead atoms. The Morgan fingerprint density at radius 2 is 2.23 bits per heavy atom. The van der Waals surface area contributed by atoms with E-state index in [1.54, 1.807) is 0 Å². The van der Waals surface area contributed by atoms with Gasteiger partial charge in [-0.25, -0.2) is 0 Å². The third-order valence-corrected chi connectivity index (χ3v) is 2.02. The van der Waals surface area contributed by atoms with Gasteiger partial charge < -0.3 is 5.11 Å². The van der Waals surface area contributed by atoms with E-state index in [1.165, 1.54) is 0 Å². The van der Waals surface area contributed by atoms with E-state index in [1.807, 2.05) is 36.4 Å². The Kier molecular flexibility index (Phi) is 4.58. The molecule has 0 aromatic heterocycles. The molecule has 0 aliphatic rings. The Labute approximate surface area is 83.7 Å². The Hall–Kier alpha value is -0.790. The molecule has 0 amide bonds. The van der Waals surface area contributed by atoms with Gasteiger partial charge in [0.05, 0.1) is 0 Å². The highest BCUT2D eigenvalue weighted by atomic mass is 35.5. The minimum absolute atomic E-state index is 0.200. The molecule has 0 atom stereocenters. The first-order chi connectivity index (χ1) is 6.36. The van der Waals surface area contributed by atoms with Gasteiger partial charge in [0.15, 0.2) is 0 Å². The minimum atomic E-state index is 0.200. The van der Waals surface area contributed by atoms with Crippen molar-refractivity contribution < 1.29 is 5.11 Å². The van der Waals surface area contributed by atoms with Gasteiger partial charge >= 0.3 is 0 Å². The van der Waals surface area contributed by atoms with E-state index >= 15 is 0 Å². The summed E-state index contributed by atoms with van der Waals surface area (Å²) in [5.74, 6) is 0.543. The molecule has 0 aliphatic heterocycles. The summed E-state index contributed by atoms with van der Waals surface area (Å²) in [4.78, 5) is 0. The van der Waals surface area contributed by atoms with Crippen LogP contribution < -0.4 is 0 Å². The normalized spacial score (nSPS) is 10.9. The summed E-state index contributed by atoms with van der Waals surface area (Å²) in [5, 5.41) is 8.57. The first kappa shape index (κ1) is 10.3. The second kappa shape index (κ2) is 5.79. The third-order valence-electron chi connectivity index (χ3n) is 1.71. The van der Waals surface area contributed by atoms with Gasteiger partial charge in [0.2, 0.25) is 0 Å². The second-order valence-corrected chi connectivity index (χ2v) is 3.06. The van der Waals surface area contributed by atoms with Crippen molar-refractivity contribution in [1.82, 2.24) is 0 Å². The van der Waals surface area contributed by atoms with Crippen molar-refractivity contribution in [2.45, 2.75) is 12.3 Å². The Balaban J connectivity index is 2.66. The number of benzene rings is 1. The van der Waals surface area contributed by atoms with Crippen LogP contribution in [0.15, 0.2) is 30.3 Å². The highest BCUT2D eigenvalue weighted by molar-refractivity contribution is 6.17. The van der Waals surface area contributed by atoms with Crippen molar-refractivity contribution in [2.24, 2.45) is 0 Å². The van der Waals surface area contributed by atoms with Crippen LogP contribution in [-0.2, 0) is 5.88 Å². The highest BCUT2D eigenvalue weighted by Crippen LogP contribution is 2.09. The van der Waals surface area contributed by atoms with Crippen LogP contribution in [0.25, 0.3) is 6.08 Å². The number of hydrogen-bond donors (Lipinski definition) is 1. The minimum Gasteiger partial charge on any atom is -0.396 e. The van der Waals surface area contributed by atoms with Crippen LogP contribution in [0, 0.1) is 0 Å². The predicted octanol–water partition coefficient (Wildman–Crippen LogP) is 2.82. The standard InChI is InChI=1S/C11H13ClO/c12-9-11-6-3-5-10(8-11)4-1-2-7-13/h1,3-6,8,13H,2,7,9H2. The fourth-order valence-corrected chi connectivity index (χ4v) is 1.24. The van der Waals surface area contributed by atoms with Gasteiger partial charge in [-0.3, -0.25) is 0 Å². The molecule has 0 heterocycles. The molecule has 1 rings (SSSR count). The van der Waals surface area contributed by atoms with E-state index in [9.17, 15) is 0 Å². The Morgan fingerprint density at radius 1 is 1.38 bits per heavy atom. The summed E-state index contributed by atoms with van der Waals surface area (Å²) in [6.07, 6.45) is 4.64. The van der Waals surface area contributed by atoms with Gasteiger partial charge in [-0.1, -0.05) is 36.4 Å². The molecule has 0 spiro atoms. The summed E-state index contributed by atoms with van der Waals surface area (Å²) in [6, 6.07) is 8.04. The highest BCUT2D eigenvalue weighted by Gasteiger charge is 1.90. The van der Waals surface area contributed by atoms with Gasteiger partial charge in [-0.15, -0.1) is 11.6 Å². The first-order valence-electron chi connectivity index (χ1n) is 4.29. The van der Waals surface area contributed by atoms with E-state index in [-0.39, 0.29) is 6.61 Å². The van der Waals surface area contributed by atoms with Crippen molar-refractivity contribution in [3.8, 4) is 0 Å². The van der Waals surface area contributed by atoms with Crippen LogP contribution in [0.3, 0.4) is 0 Å². The van der Waals surface area contributed by atoms with Crippen LogP contribution in [0.5, 0.6) is 0 Å². The van der Waals surface area contributed by atoms with Gasteiger partial charge in [0.25, 0.3) is 0 Å². The van der Waals surface area contributed by atoms with Crippen LogP contribution in [0.2, 0.25) is 0 Å². The molecule has 70 valence electrons. The SMILES string of the molecule is OCCC=Cc1cccc(CCl)c1. The van der Waals surface area contributed by atoms with E-state index in [0.717, 1.165) is 11.1 Å². The monoisotopic (exact) mass is 196 g/mol. The maximum atomic E-state index is 8.57. The Morgan fingerprint density at radius 3 is 2.92 bits per heavy atom. The fraction of sp³-hybridized carbons (Fsp3) is 0.273. The number of alkyl halides is 1. The topological polar surface area (TPSA) is 20.2 Å². The molecule has 0 aliphatic carbocycles. The van der Waals surface area contributed by atoms with Gasteiger partial charge in [-0.05, 0) is 17.5 Å². The van der Waals surface area contributed by atoms with Crippen LogP contribution in [-0.4, -0.2) is 11.7 Å². The molecular formula is C11H13ClO. The Bertz CT molecular complexity index is 281. The number of aliphatic hydroxyl groups is 1. The average molecular weight is 197 g/mol. The quantitative estimate of drug-likeness (QED) is 0.735. The predicted molar refractivity (Wildman–Crippen MR) is 56.7 cm³/mol. The zero-order valence-corrected chi connectivity index (χ0v) is 8.17. The van der Waals surface area contributed by atoms with Crippen LogP contribution in [0.1, 0.15) is 17.5 Å². The maximum absolute atomic E-state index is 8.57. The van der Waals surface area contributed by atoms with Gasteiger partial charge in [0, 0.05) is 12.5 Å². The maximum Gasteiger partial charge on any atom is 0.0474 e. The molecule has 2 heteroatoms. The second-order valence-electron chi connectivity index (χ2n) is 2.79. The lowest BCUT2D eigenvalue weighted by atomic mass is 10.1.